The fourth-order valence-corrected chi connectivity index (χ4v) is 3.94. The summed E-state index contributed by atoms with van der Waals surface area (Å²) in [6.45, 7) is 2.27. The number of benzene rings is 2. The first-order valence-electron chi connectivity index (χ1n) is 8.43. The number of rotatable bonds is 4. The number of methoxy groups -OCH3 is 1. The Balaban J connectivity index is 1.78. The van der Waals surface area contributed by atoms with Crippen molar-refractivity contribution < 1.29 is 9.13 Å². The highest BCUT2D eigenvalue weighted by atomic mass is 32.1. The van der Waals surface area contributed by atoms with Crippen molar-refractivity contribution in [3.8, 4) is 16.9 Å². The Kier molecular flexibility index (Phi) is 4.49. The number of hydrogen-bond acceptors (Lipinski definition) is 4. The minimum Gasteiger partial charge on any atom is -0.494 e. The standard InChI is InChI=1S/C21H17FN2O2S/c1-13-3-6-15(7-4-13)16-11-27-20-19(16)21(25)24(12-23-20)10-14-5-8-18(26-2)17(22)9-14/h3-9,11-12H,10H2,1-2H3. The monoisotopic (exact) mass is 380 g/mol. The molecule has 0 fully saturated rings. The predicted octanol–water partition coefficient (Wildman–Crippen LogP) is 4.63. The zero-order chi connectivity index (χ0) is 19.0. The molecule has 0 unspecified atom stereocenters. The summed E-state index contributed by atoms with van der Waals surface area (Å²) < 4.78 is 20.4. The van der Waals surface area contributed by atoms with Crippen molar-refractivity contribution in [3.63, 3.8) is 0 Å². The molecule has 4 aromatic rings. The van der Waals surface area contributed by atoms with E-state index in [1.54, 1.807) is 12.1 Å². The molecule has 136 valence electrons. The van der Waals surface area contributed by atoms with Crippen molar-refractivity contribution in [3.05, 3.63) is 81.5 Å². The third-order valence-electron chi connectivity index (χ3n) is 4.49. The topological polar surface area (TPSA) is 44.1 Å². The quantitative estimate of drug-likeness (QED) is 0.518. The fourth-order valence-electron chi connectivity index (χ4n) is 3.03. The van der Waals surface area contributed by atoms with Gasteiger partial charge in [0, 0.05) is 10.9 Å². The second-order valence-electron chi connectivity index (χ2n) is 6.34. The lowest BCUT2D eigenvalue weighted by atomic mass is 10.1. The molecule has 0 N–H and O–H groups in total. The number of ether oxygens (including phenoxy) is 1. The summed E-state index contributed by atoms with van der Waals surface area (Å²) >= 11 is 1.45. The van der Waals surface area contributed by atoms with Gasteiger partial charge >= 0.3 is 0 Å². The molecule has 2 heterocycles. The summed E-state index contributed by atoms with van der Waals surface area (Å²) in [5, 5.41) is 2.56. The predicted molar refractivity (Wildman–Crippen MR) is 106 cm³/mol. The Bertz CT molecular complexity index is 1180. The summed E-state index contributed by atoms with van der Waals surface area (Å²) in [7, 11) is 1.42. The van der Waals surface area contributed by atoms with Crippen LogP contribution in [0.15, 0.2) is 59.0 Å². The summed E-state index contributed by atoms with van der Waals surface area (Å²) in [5.41, 5.74) is 3.56. The molecule has 0 spiro atoms. The lowest BCUT2D eigenvalue weighted by Gasteiger charge is -2.08. The summed E-state index contributed by atoms with van der Waals surface area (Å²) in [6, 6.07) is 12.7. The third-order valence-corrected chi connectivity index (χ3v) is 5.38. The van der Waals surface area contributed by atoms with Crippen LogP contribution in [-0.2, 0) is 6.54 Å². The van der Waals surface area contributed by atoms with Gasteiger partial charge in [0.05, 0.1) is 25.4 Å². The van der Waals surface area contributed by atoms with Gasteiger partial charge in [-0.25, -0.2) is 9.37 Å². The normalized spacial score (nSPS) is 11.1. The zero-order valence-corrected chi connectivity index (χ0v) is 15.7. The lowest BCUT2D eigenvalue weighted by molar-refractivity contribution is 0.386. The van der Waals surface area contributed by atoms with Crippen molar-refractivity contribution in [1.29, 1.82) is 0 Å². The number of fused-ring (bicyclic) bond motifs is 1. The van der Waals surface area contributed by atoms with E-state index in [9.17, 15) is 9.18 Å². The van der Waals surface area contributed by atoms with E-state index in [-0.39, 0.29) is 17.9 Å². The van der Waals surface area contributed by atoms with E-state index in [1.807, 2.05) is 36.6 Å². The molecule has 6 heteroatoms. The summed E-state index contributed by atoms with van der Waals surface area (Å²) in [5.74, 6) is -0.271. The van der Waals surface area contributed by atoms with E-state index in [4.69, 9.17) is 4.74 Å². The molecule has 0 saturated carbocycles. The van der Waals surface area contributed by atoms with Crippen molar-refractivity contribution in [1.82, 2.24) is 9.55 Å². The molecule has 0 radical (unpaired) electrons. The van der Waals surface area contributed by atoms with Crippen LogP contribution in [0.5, 0.6) is 5.75 Å². The van der Waals surface area contributed by atoms with Crippen molar-refractivity contribution in [2.45, 2.75) is 13.5 Å². The van der Waals surface area contributed by atoms with Gasteiger partial charge in [-0.15, -0.1) is 11.3 Å². The van der Waals surface area contributed by atoms with Crippen LogP contribution in [0.25, 0.3) is 21.3 Å². The fraction of sp³-hybridized carbons (Fsp3) is 0.143. The second kappa shape index (κ2) is 6.96. The van der Waals surface area contributed by atoms with Crippen molar-refractivity contribution >= 4 is 21.6 Å². The first-order valence-corrected chi connectivity index (χ1v) is 9.31. The maximum absolute atomic E-state index is 13.9. The van der Waals surface area contributed by atoms with Crippen LogP contribution in [-0.4, -0.2) is 16.7 Å². The Morgan fingerprint density at radius 2 is 1.96 bits per heavy atom. The average molecular weight is 380 g/mol. The first-order chi connectivity index (χ1) is 13.1. The van der Waals surface area contributed by atoms with Gasteiger partial charge < -0.3 is 4.74 Å². The number of aryl methyl sites for hydroxylation is 1. The highest BCUT2D eigenvalue weighted by molar-refractivity contribution is 7.17. The van der Waals surface area contributed by atoms with Gasteiger partial charge in [-0.1, -0.05) is 35.9 Å². The molecule has 0 amide bonds. The van der Waals surface area contributed by atoms with Gasteiger partial charge in [0.2, 0.25) is 0 Å². The number of hydrogen-bond donors (Lipinski definition) is 0. The highest BCUT2D eigenvalue weighted by Crippen LogP contribution is 2.30. The van der Waals surface area contributed by atoms with Gasteiger partial charge in [0.15, 0.2) is 11.6 Å². The molecule has 0 atom stereocenters. The van der Waals surface area contributed by atoms with E-state index in [1.165, 1.54) is 35.4 Å². The Morgan fingerprint density at radius 1 is 1.19 bits per heavy atom. The molecular formula is C21H17FN2O2S. The number of thiophene rings is 1. The van der Waals surface area contributed by atoms with Crippen LogP contribution in [0, 0.1) is 12.7 Å². The molecule has 2 aromatic heterocycles. The van der Waals surface area contributed by atoms with Gasteiger partial charge in [0.25, 0.3) is 5.56 Å². The number of aromatic nitrogens is 2. The Hall–Kier alpha value is -2.99. The maximum Gasteiger partial charge on any atom is 0.263 e. The molecular weight excluding hydrogens is 363 g/mol. The van der Waals surface area contributed by atoms with Gasteiger partial charge in [0.1, 0.15) is 4.83 Å². The van der Waals surface area contributed by atoms with E-state index < -0.39 is 5.82 Å². The van der Waals surface area contributed by atoms with Crippen molar-refractivity contribution in [2.24, 2.45) is 0 Å². The minimum atomic E-state index is -0.451. The lowest BCUT2D eigenvalue weighted by Crippen LogP contribution is -2.21. The molecule has 27 heavy (non-hydrogen) atoms. The smallest absolute Gasteiger partial charge is 0.263 e. The third kappa shape index (κ3) is 3.24. The van der Waals surface area contributed by atoms with Crippen LogP contribution in [0.3, 0.4) is 0 Å². The molecule has 0 saturated heterocycles. The molecule has 4 rings (SSSR count). The van der Waals surface area contributed by atoms with E-state index in [0.29, 0.717) is 15.8 Å². The molecule has 0 aliphatic carbocycles. The van der Waals surface area contributed by atoms with Gasteiger partial charge in [-0.2, -0.15) is 0 Å². The minimum absolute atomic E-state index is 0.131. The largest absolute Gasteiger partial charge is 0.494 e. The van der Waals surface area contributed by atoms with Crippen LogP contribution >= 0.6 is 11.3 Å². The summed E-state index contributed by atoms with van der Waals surface area (Å²) in [6.07, 6.45) is 1.52. The maximum atomic E-state index is 13.9. The second-order valence-corrected chi connectivity index (χ2v) is 7.20. The first kappa shape index (κ1) is 17.4. The van der Waals surface area contributed by atoms with E-state index >= 15 is 0 Å². The van der Waals surface area contributed by atoms with E-state index in [0.717, 1.165) is 16.7 Å². The molecule has 0 aliphatic rings. The molecule has 2 aromatic carbocycles. The van der Waals surface area contributed by atoms with Crippen LogP contribution < -0.4 is 10.3 Å². The van der Waals surface area contributed by atoms with Crippen LogP contribution in [0.4, 0.5) is 4.39 Å². The van der Waals surface area contributed by atoms with Crippen molar-refractivity contribution in [2.75, 3.05) is 7.11 Å². The van der Waals surface area contributed by atoms with Crippen LogP contribution in [0.2, 0.25) is 0 Å². The Labute approximate surface area is 159 Å². The summed E-state index contributed by atoms with van der Waals surface area (Å²) in [4.78, 5) is 18.2. The van der Waals surface area contributed by atoms with E-state index in [2.05, 4.69) is 4.98 Å². The Morgan fingerprint density at radius 3 is 2.67 bits per heavy atom. The number of nitrogens with zero attached hydrogens (tertiary/aromatic N) is 2. The average Bonchev–Trinajstić information content (AvgIpc) is 3.10. The zero-order valence-electron chi connectivity index (χ0n) is 14.9. The molecule has 0 bridgehead atoms. The van der Waals surface area contributed by atoms with Gasteiger partial charge in [-0.05, 0) is 30.2 Å². The number of halogens is 1. The molecule has 4 nitrogen and oxygen atoms in total. The highest BCUT2D eigenvalue weighted by Gasteiger charge is 2.14. The van der Waals surface area contributed by atoms with Gasteiger partial charge in [-0.3, -0.25) is 9.36 Å². The van der Waals surface area contributed by atoms with Crippen LogP contribution in [0.1, 0.15) is 11.1 Å². The SMILES string of the molecule is COc1ccc(Cn2cnc3scc(-c4ccc(C)cc4)c3c2=O)cc1F. The molecule has 0 aliphatic heterocycles.